The maximum atomic E-state index is 13.2. The van der Waals surface area contributed by atoms with Crippen LogP contribution in [-0.4, -0.2) is 39.4 Å². The van der Waals surface area contributed by atoms with Crippen molar-refractivity contribution in [1.82, 2.24) is 19.9 Å². The Labute approximate surface area is 164 Å². The Balaban J connectivity index is 1.57. The van der Waals surface area contributed by atoms with E-state index in [1.807, 2.05) is 47.4 Å². The van der Waals surface area contributed by atoms with Crippen molar-refractivity contribution in [1.29, 1.82) is 0 Å². The van der Waals surface area contributed by atoms with Crippen LogP contribution in [0.4, 0.5) is 0 Å². The van der Waals surface area contributed by atoms with Gasteiger partial charge in [0.05, 0.1) is 18.8 Å². The molecule has 0 radical (unpaired) electrons. The van der Waals surface area contributed by atoms with Crippen LogP contribution in [0.25, 0.3) is 11.4 Å². The van der Waals surface area contributed by atoms with Gasteiger partial charge in [0.25, 0.3) is 5.91 Å². The molecule has 1 atom stereocenters. The highest BCUT2D eigenvalue weighted by Gasteiger charge is 2.29. The summed E-state index contributed by atoms with van der Waals surface area (Å²) in [6.45, 7) is 0.751. The lowest BCUT2D eigenvalue weighted by Crippen LogP contribution is -2.38. The van der Waals surface area contributed by atoms with E-state index in [1.165, 1.54) is 0 Å². The normalized spacial score (nSPS) is 16.6. The summed E-state index contributed by atoms with van der Waals surface area (Å²) in [4.78, 5) is 28.2. The van der Waals surface area contributed by atoms with Crippen LogP contribution in [0.1, 0.15) is 41.4 Å². The molecule has 4 rings (SSSR count). The van der Waals surface area contributed by atoms with Crippen LogP contribution in [0.15, 0.2) is 60.9 Å². The highest BCUT2D eigenvalue weighted by molar-refractivity contribution is 5.95. The number of pyridine rings is 1. The average molecular weight is 374 g/mol. The molecule has 0 spiro atoms. The topological polar surface area (TPSA) is 68.2 Å². The molecular formula is C22H22N4O2. The molecule has 1 fully saturated rings. The van der Waals surface area contributed by atoms with E-state index in [9.17, 15) is 4.79 Å². The van der Waals surface area contributed by atoms with Crippen LogP contribution < -0.4 is 4.74 Å². The molecule has 6 heteroatoms. The monoisotopic (exact) mass is 374 g/mol. The molecular weight excluding hydrogens is 352 g/mol. The molecule has 3 heterocycles. The van der Waals surface area contributed by atoms with E-state index in [0.29, 0.717) is 17.3 Å². The second-order valence-electron chi connectivity index (χ2n) is 6.76. The third kappa shape index (κ3) is 3.71. The van der Waals surface area contributed by atoms with Gasteiger partial charge in [-0.2, -0.15) is 4.98 Å². The van der Waals surface area contributed by atoms with Gasteiger partial charge in [-0.15, -0.1) is 0 Å². The number of carbonyl (C=O) groups is 1. The molecule has 28 heavy (non-hydrogen) atoms. The summed E-state index contributed by atoms with van der Waals surface area (Å²) in [5.41, 5.74) is 2.46. The summed E-state index contributed by atoms with van der Waals surface area (Å²) in [7, 11) is 1.57. The Morgan fingerprint density at radius 3 is 2.64 bits per heavy atom. The zero-order chi connectivity index (χ0) is 19.3. The van der Waals surface area contributed by atoms with Crippen molar-refractivity contribution in [2.75, 3.05) is 13.7 Å². The molecule has 6 nitrogen and oxygen atoms in total. The van der Waals surface area contributed by atoms with Gasteiger partial charge in [-0.25, -0.2) is 4.98 Å². The number of benzene rings is 1. The van der Waals surface area contributed by atoms with Gasteiger partial charge in [0.2, 0.25) is 5.88 Å². The zero-order valence-corrected chi connectivity index (χ0v) is 15.8. The van der Waals surface area contributed by atoms with E-state index >= 15 is 0 Å². The summed E-state index contributed by atoms with van der Waals surface area (Å²) < 4.78 is 5.15. The van der Waals surface area contributed by atoms with E-state index in [1.54, 1.807) is 25.6 Å². The minimum absolute atomic E-state index is 0.0313. The molecule has 1 aromatic carbocycles. The van der Waals surface area contributed by atoms with Gasteiger partial charge in [-0.1, -0.05) is 18.2 Å². The summed E-state index contributed by atoms with van der Waals surface area (Å²) in [5.74, 6) is 1.12. The minimum Gasteiger partial charge on any atom is -0.481 e. The number of nitrogens with zero attached hydrogens (tertiary/aromatic N) is 4. The van der Waals surface area contributed by atoms with Gasteiger partial charge >= 0.3 is 0 Å². The fraction of sp³-hybridized carbons (Fsp3) is 0.273. The predicted octanol–water partition coefficient (Wildman–Crippen LogP) is 3.91. The lowest BCUT2D eigenvalue weighted by molar-refractivity contribution is 0.0606. The SMILES string of the molecule is COc1ccnc(-c2ccc(C(=O)N3CCCCC3c3ccccn3)cc2)n1. The number of amides is 1. The van der Waals surface area contributed by atoms with Gasteiger partial charge in [0.15, 0.2) is 5.82 Å². The molecule has 3 aromatic rings. The van der Waals surface area contributed by atoms with Gasteiger partial charge in [0, 0.05) is 36.1 Å². The van der Waals surface area contributed by atoms with Crippen molar-refractivity contribution in [3.05, 3.63) is 72.2 Å². The Hall–Kier alpha value is -3.28. The molecule has 1 aliphatic heterocycles. The molecule has 142 valence electrons. The van der Waals surface area contributed by atoms with Crippen molar-refractivity contribution in [3.63, 3.8) is 0 Å². The summed E-state index contributed by atoms with van der Waals surface area (Å²) in [6, 6.07) is 15.0. The highest BCUT2D eigenvalue weighted by Crippen LogP contribution is 2.31. The number of hydrogen-bond acceptors (Lipinski definition) is 5. The van der Waals surface area contributed by atoms with E-state index in [2.05, 4.69) is 15.0 Å². The van der Waals surface area contributed by atoms with Gasteiger partial charge in [-0.05, 0) is 43.5 Å². The van der Waals surface area contributed by atoms with Crippen molar-refractivity contribution >= 4 is 5.91 Å². The summed E-state index contributed by atoms with van der Waals surface area (Å²) in [5, 5.41) is 0. The molecule has 0 aliphatic carbocycles. The fourth-order valence-electron chi connectivity index (χ4n) is 3.58. The third-order valence-electron chi connectivity index (χ3n) is 5.02. The number of piperidine rings is 1. The predicted molar refractivity (Wildman–Crippen MR) is 106 cm³/mol. The summed E-state index contributed by atoms with van der Waals surface area (Å²) in [6.07, 6.45) is 6.52. The van der Waals surface area contributed by atoms with Crippen LogP contribution in [0.3, 0.4) is 0 Å². The summed E-state index contributed by atoms with van der Waals surface area (Å²) >= 11 is 0. The third-order valence-corrected chi connectivity index (χ3v) is 5.02. The van der Waals surface area contributed by atoms with Gasteiger partial charge < -0.3 is 9.64 Å². The second-order valence-corrected chi connectivity index (χ2v) is 6.76. The molecule has 1 unspecified atom stereocenters. The molecule has 1 amide bonds. The number of ether oxygens (including phenoxy) is 1. The molecule has 0 bridgehead atoms. The first-order valence-corrected chi connectivity index (χ1v) is 9.45. The van der Waals surface area contributed by atoms with Crippen LogP contribution in [-0.2, 0) is 0 Å². The number of aromatic nitrogens is 3. The first-order valence-electron chi connectivity index (χ1n) is 9.45. The maximum absolute atomic E-state index is 13.2. The first kappa shape index (κ1) is 18.1. The maximum Gasteiger partial charge on any atom is 0.254 e. The van der Waals surface area contributed by atoms with E-state index in [-0.39, 0.29) is 11.9 Å². The number of carbonyl (C=O) groups excluding carboxylic acids is 1. The highest BCUT2D eigenvalue weighted by atomic mass is 16.5. The molecule has 1 aliphatic rings. The molecule has 0 saturated carbocycles. The Morgan fingerprint density at radius 1 is 1.04 bits per heavy atom. The fourth-order valence-corrected chi connectivity index (χ4v) is 3.58. The standard InChI is InChI=1S/C22H22N4O2/c1-28-20-12-14-24-21(25-20)16-8-10-17(11-9-16)22(27)26-15-5-3-7-19(26)18-6-2-4-13-23-18/h2,4,6,8-14,19H,3,5,7,15H2,1H3. The Bertz CT molecular complexity index is 944. The smallest absolute Gasteiger partial charge is 0.254 e. The van der Waals surface area contributed by atoms with E-state index in [0.717, 1.165) is 37.1 Å². The first-order chi connectivity index (χ1) is 13.8. The Kier molecular flexibility index (Phi) is 5.28. The van der Waals surface area contributed by atoms with Crippen LogP contribution in [0.2, 0.25) is 0 Å². The number of rotatable bonds is 4. The van der Waals surface area contributed by atoms with Crippen molar-refractivity contribution < 1.29 is 9.53 Å². The van der Waals surface area contributed by atoms with Crippen molar-refractivity contribution in [2.45, 2.75) is 25.3 Å². The van der Waals surface area contributed by atoms with E-state index in [4.69, 9.17) is 4.74 Å². The van der Waals surface area contributed by atoms with E-state index < -0.39 is 0 Å². The molecule has 2 aromatic heterocycles. The second kappa shape index (κ2) is 8.17. The van der Waals surface area contributed by atoms with Gasteiger partial charge in [-0.3, -0.25) is 9.78 Å². The van der Waals surface area contributed by atoms with Crippen LogP contribution >= 0.6 is 0 Å². The van der Waals surface area contributed by atoms with Crippen LogP contribution in [0, 0.1) is 0 Å². The van der Waals surface area contributed by atoms with Crippen molar-refractivity contribution in [2.24, 2.45) is 0 Å². The van der Waals surface area contributed by atoms with Crippen LogP contribution in [0.5, 0.6) is 5.88 Å². The zero-order valence-electron chi connectivity index (χ0n) is 15.8. The largest absolute Gasteiger partial charge is 0.481 e. The van der Waals surface area contributed by atoms with Gasteiger partial charge in [0.1, 0.15) is 0 Å². The molecule has 0 N–H and O–H groups in total. The number of likely N-dealkylation sites (tertiary alicyclic amines) is 1. The Morgan fingerprint density at radius 2 is 1.89 bits per heavy atom. The number of methoxy groups -OCH3 is 1. The van der Waals surface area contributed by atoms with Crippen molar-refractivity contribution in [3.8, 4) is 17.3 Å². The lowest BCUT2D eigenvalue weighted by atomic mass is 9.97. The minimum atomic E-state index is 0.0313. The molecule has 1 saturated heterocycles. The average Bonchev–Trinajstić information content (AvgIpc) is 2.79. The quantitative estimate of drug-likeness (QED) is 0.692. The number of hydrogen-bond donors (Lipinski definition) is 0. The lowest BCUT2D eigenvalue weighted by Gasteiger charge is -2.35.